The lowest BCUT2D eigenvalue weighted by atomic mass is 10.1. The SMILES string of the molecule is CCOCCCNC(=O)c1cc(C)cc(Br)c1. The molecule has 0 atom stereocenters. The predicted octanol–water partition coefficient (Wildman–Crippen LogP) is 2.91. The van der Waals surface area contributed by atoms with Gasteiger partial charge in [0, 0.05) is 29.8 Å². The maximum absolute atomic E-state index is 11.8. The topological polar surface area (TPSA) is 38.3 Å². The highest BCUT2D eigenvalue weighted by atomic mass is 79.9. The van der Waals surface area contributed by atoms with E-state index in [9.17, 15) is 4.79 Å². The Morgan fingerprint density at radius 1 is 1.41 bits per heavy atom. The van der Waals surface area contributed by atoms with E-state index in [1.807, 2.05) is 32.0 Å². The van der Waals surface area contributed by atoms with Crippen LogP contribution in [0.15, 0.2) is 22.7 Å². The molecule has 1 amide bonds. The number of hydrogen-bond acceptors (Lipinski definition) is 2. The second kappa shape index (κ2) is 7.45. The predicted molar refractivity (Wildman–Crippen MR) is 72.3 cm³/mol. The van der Waals surface area contributed by atoms with Gasteiger partial charge in [-0.05, 0) is 44.0 Å². The van der Waals surface area contributed by atoms with E-state index in [0.29, 0.717) is 18.7 Å². The molecule has 3 nitrogen and oxygen atoms in total. The van der Waals surface area contributed by atoms with Crippen molar-refractivity contribution in [2.75, 3.05) is 19.8 Å². The molecule has 1 rings (SSSR count). The van der Waals surface area contributed by atoms with Crippen molar-refractivity contribution in [1.29, 1.82) is 0 Å². The third-order valence-electron chi connectivity index (χ3n) is 2.26. The van der Waals surface area contributed by atoms with Crippen LogP contribution in [0.1, 0.15) is 29.3 Å². The van der Waals surface area contributed by atoms with Crippen molar-refractivity contribution in [1.82, 2.24) is 5.32 Å². The first-order valence-electron chi connectivity index (χ1n) is 5.76. The van der Waals surface area contributed by atoms with E-state index in [4.69, 9.17) is 4.74 Å². The number of ether oxygens (including phenoxy) is 1. The number of amides is 1. The first-order valence-corrected chi connectivity index (χ1v) is 6.56. The Balaban J connectivity index is 2.41. The molecule has 1 aromatic carbocycles. The fourth-order valence-electron chi connectivity index (χ4n) is 1.49. The second-order valence-electron chi connectivity index (χ2n) is 3.82. The van der Waals surface area contributed by atoms with Gasteiger partial charge in [-0.15, -0.1) is 0 Å². The molecule has 1 aromatic rings. The van der Waals surface area contributed by atoms with E-state index >= 15 is 0 Å². The molecule has 0 radical (unpaired) electrons. The molecule has 0 aliphatic rings. The number of hydrogen-bond donors (Lipinski definition) is 1. The van der Waals surface area contributed by atoms with Crippen molar-refractivity contribution in [2.24, 2.45) is 0 Å². The van der Waals surface area contributed by atoms with Gasteiger partial charge in [-0.2, -0.15) is 0 Å². The molecule has 0 saturated carbocycles. The molecule has 17 heavy (non-hydrogen) atoms. The Morgan fingerprint density at radius 2 is 2.18 bits per heavy atom. The first kappa shape index (κ1) is 14.2. The molecule has 0 fully saturated rings. The van der Waals surface area contributed by atoms with Crippen molar-refractivity contribution in [3.8, 4) is 0 Å². The van der Waals surface area contributed by atoms with E-state index in [2.05, 4.69) is 21.2 Å². The maximum Gasteiger partial charge on any atom is 0.251 e. The molecule has 0 spiro atoms. The first-order chi connectivity index (χ1) is 8.13. The molecule has 4 heteroatoms. The van der Waals surface area contributed by atoms with Gasteiger partial charge >= 0.3 is 0 Å². The van der Waals surface area contributed by atoms with Crippen LogP contribution in [0, 0.1) is 6.92 Å². The zero-order chi connectivity index (χ0) is 12.7. The van der Waals surface area contributed by atoms with Crippen molar-refractivity contribution in [3.63, 3.8) is 0 Å². The third kappa shape index (κ3) is 5.33. The van der Waals surface area contributed by atoms with Crippen LogP contribution >= 0.6 is 15.9 Å². The number of carbonyl (C=O) groups is 1. The minimum atomic E-state index is -0.0362. The van der Waals surface area contributed by atoms with Crippen molar-refractivity contribution >= 4 is 21.8 Å². The summed E-state index contributed by atoms with van der Waals surface area (Å²) in [6, 6.07) is 5.68. The Labute approximate surface area is 111 Å². The van der Waals surface area contributed by atoms with E-state index in [1.165, 1.54) is 0 Å². The lowest BCUT2D eigenvalue weighted by molar-refractivity contribution is 0.0944. The highest BCUT2D eigenvalue weighted by molar-refractivity contribution is 9.10. The van der Waals surface area contributed by atoms with Crippen LogP contribution in [0.2, 0.25) is 0 Å². The van der Waals surface area contributed by atoms with E-state index in [0.717, 1.165) is 23.1 Å². The molecule has 0 aliphatic heterocycles. The molecule has 0 heterocycles. The summed E-state index contributed by atoms with van der Waals surface area (Å²) in [5.41, 5.74) is 1.76. The van der Waals surface area contributed by atoms with Gasteiger partial charge in [0.05, 0.1) is 0 Å². The summed E-state index contributed by atoms with van der Waals surface area (Å²) in [5.74, 6) is -0.0362. The van der Waals surface area contributed by atoms with Gasteiger partial charge in [0.15, 0.2) is 0 Å². The molecular formula is C13H18BrNO2. The van der Waals surface area contributed by atoms with Crippen molar-refractivity contribution in [2.45, 2.75) is 20.3 Å². The second-order valence-corrected chi connectivity index (χ2v) is 4.74. The Bertz CT molecular complexity index is 359. The van der Waals surface area contributed by atoms with Gasteiger partial charge < -0.3 is 10.1 Å². The highest BCUT2D eigenvalue weighted by Crippen LogP contribution is 2.15. The number of carbonyl (C=O) groups excluding carboxylic acids is 1. The Hall–Kier alpha value is -0.870. The zero-order valence-electron chi connectivity index (χ0n) is 10.3. The summed E-state index contributed by atoms with van der Waals surface area (Å²) >= 11 is 3.38. The van der Waals surface area contributed by atoms with E-state index in [-0.39, 0.29) is 5.91 Å². The maximum atomic E-state index is 11.8. The lowest BCUT2D eigenvalue weighted by Crippen LogP contribution is -2.25. The number of nitrogens with one attached hydrogen (secondary N) is 1. The monoisotopic (exact) mass is 299 g/mol. The summed E-state index contributed by atoms with van der Waals surface area (Å²) in [6.45, 7) is 5.98. The summed E-state index contributed by atoms with van der Waals surface area (Å²) in [4.78, 5) is 11.8. The molecular weight excluding hydrogens is 282 g/mol. The number of benzene rings is 1. The summed E-state index contributed by atoms with van der Waals surface area (Å²) in [7, 11) is 0. The minimum Gasteiger partial charge on any atom is -0.382 e. The van der Waals surface area contributed by atoms with Crippen LogP contribution in [0.5, 0.6) is 0 Å². The quantitative estimate of drug-likeness (QED) is 0.820. The van der Waals surface area contributed by atoms with Gasteiger partial charge in [0.2, 0.25) is 0 Å². The van der Waals surface area contributed by atoms with Gasteiger partial charge in [0.25, 0.3) is 5.91 Å². The molecule has 0 aromatic heterocycles. The zero-order valence-corrected chi connectivity index (χ0v) is 11.8. The number of aryl methyl sites for hydroxylation is 1. The van der Waals surface area contributed by atoms with Crippen LogP contribution < -0.4 is 5.32 Å². The summed E-state index contributed by atoms with van der Waals surface area (Å²) in [6.07, 6.45) is 0.840. The minimum absolute atomic E-state index is 0.0362. The summed E-state index contributed by atoms with van der Waals surface area (Å²) < 4.78 is 6.13. The fourth-order valence-corrected chi connectivity index (χ4v) is 2.10. The smallest absolute Gasteiger partial charge is 0.251 e. The molecule has 0 saturated heterocycles. The van der Waals surface area contributed by atoms with Gasteiger partial charge in [0.1, 0.15) is 0 Å². The lowest BCUT2D eigenvalue weighted by Gasteiger charge is -2.06. The van der Waals surface area contributed by atoms with E-state index < -0.39 is 0 Å². The highest BCUT2D eigenvalue weighted by Gasteiger charge is 2.05. The van der Waals surface area contributed by atoms with Gasteiger partial charge in [-0.3, -0.25) is 4.79 Å². The van der Waals surface area contributed by atoms with E-state index in [1.54, 1.807) is 0 Å². The van der Waals surface area contributed by atoms with Crippen molar-refractivity contribution < 1.29 is 9.53 Å². The number of halogens is 1. The average molecular weight is 300 g/mol. The fraction of sp³-hybridized carbons (Fsp3) is 0.462. The molecule has 0 unspecified atom stereocenters. The van der Waals surface area contributed by atoms with Crippen LogP contribution in [-0.2, 0) is 4.74 Å². The normalized spacial score (nSPS) is 10.3. The van der Waals surface area contributed by atoms with Crippen molar-refractivity contribution in [3.05, 3.63) is 33.8 Å². The molecule has 0 bridgehead atoms. The molecule has 0 aliphatic carbocycles. The molecule has 94 valence electrons. The average Bonchev–Trinajstić information content (AvgIpc) is 2.27. The largest absolute Gasteiger partial charge is 0.382 e. The molecule has 1 N–H and O–H groups in total. The van der Waals surface area contributed by atoms with Gasteiger partial charge in [-0.1, -0.05) is 15.9 Å². The van der Waals surface area contributed by atoms with Gasteiger partial charge in [-0.25, -0.2) is 0 Å². The van der Waals surface area contributed by atoms with Crippen LogP contribution in [0.4, 0.5) is 0 Å². The third-order valence-corrected chi connectivity index (χ3v) is 2.72. The standard InChI is InChI=1S/C13H18BrNO2/c1-3-17-6-4-5-15-13(16)11-7-10(2)8-12(14)9-11/h7-9H,3-6H2,1-2H3,(H,15,16). The van der Waals surface area contributed by atoms with Crippen LogP contribution in [0.3, 0.4) is 0 Å². The number of rotatable bonds is 6. The Morgan fingerprint density at radius 3 is 2.82 bits per heavy atom. The van der Waals surface area contributed by atoms with Crippen LogP contribution in [-0.4, -0.2) is 25.7 Å². The van der Waals surface area contributed by atoms with Crippen LogP contribution in [0.25, 0.3) is 0 Å². The summed E-state index contributed by atoms with van der Waals surface area (Å²) in [5, 5.41) is 2.87. The Kier molecular flexibility index (Phi) is 6.22.